The Balaban J connectivity index is 2.27. The third kappa shape index (κ3) is 2.94. The molecule has 0 atom stereocenters. The number of nitrogens with zero attached hydrogens (tertiary/aromatic N) is 2. The number of carbonyl (C=O) groups excluding carboxylic acids is 2. The van der Waals surface area contributed by atoms with E-state index in [1.54, 1.807) is 14.0 Å². The van der Waals surface area contributed by atoms with Crippen LogP contribution in [0.2, 0.25) is 0 Å². The minimum Gasteiger partial charge on any atom is -0.469 e. The average Bonchev–Trinajstić information content (AvgIpc) is 2.82. The summed E-state index contributed by atoms with van der Waals surface area (Å²) < 4.78 is 4.54. The Morgan fingerprint density at radius 1 is 1.48 bits per heavy atom. The van der Waals surface area contributed by atoms with E-state index < -0.39 is 0 Å². The normalized spacial score (nSPS) is 10.6. The van der Waals surface area contributed by atoms with Gasteiger partial charge in [-0.3, -0.25) is 14.4 Å². The molecule has 0 aromatic carbocycles. The number of hydrogen-bond donors (Lipinski definition) is 1. The number of aryl methyl sites for hydroxylation is 1. The number of carbonyl (C=O) groups is 2. The number of thiophene rings is 1. The van der Waals surface area contributed by atoms with E-state index in [1.807, 2.05) is 0 Å². The van der Waals surface area contributed by atoms with Crippen molar-refractivity contribution in [3.05, 3.63) is 27.1 Å². The van der Waals surface area contributed by atoms with Crippen LogP contribution in [0.3, 0.4) is 0 Å². The number of ether oxygens (including phenoxy) is 1. The number of aromatic amines is 1. The van der Waals surface area contributed by atoms with E-state index in [0.29, 0.717) is 20.7 Å². The predicted octanol–water partition coefficient (Wildman–Crippen LogP) is 0.928. The van der Waals surface area contributed by atoms with Crippen LogP contribution in [-0.2, 0) is 9.53 Å². The molecule has 0 unspecified atom stereocenters. The summed E-state index contributed by atoms with van der Waals surface area (Å²) in [6.45, 7) is 1.97. The third-order valence-electron chi connectivity index (χ3n) is 3.15. The van der Waals surface area contributed by atoms with Gasteiger partial charge in [-0.25, -0.2) is 4.98 Å². The molecule has 21 heavy (non-hydrogen) atoms. The van der Waals surface area contributed by atoms with E-state index in [-0.39, 0.29) is 30.4 Å². The second-order valence-corrected chi connectivity index (χ2v) is 5.52. The first-order valence-corrected chi connectivity index (χ1v) is 7.06. The summed E-state index contributed by atoms with van der Waals surface area (Å²) in [6, 6.07) is 0. The van der Waals surface area contributed by atoms with Gasteiger partial charge in [0.1, 0.15) is 4.83 Å². The number of fused-ring (bicyclic) bond motifs is 1. The van der Waals surface area contributed by atoms with Gasteiger partial charge >= 0.3 is 5.97 Å². The van der Waals surface area contributed by atoms with Crippen molar-refractivity contribution in [1.29, 1.82) is 0 Å². The fraction of sp³-hybridized carbons (Fsp3) is 0.385. The van der Waals surface area contributed by atoms with E-state index in [2.05, 4.69) is 14.7 Å². The van der Waals surface area contributed by atoms with Crippen LogP contribution in [0.15, 0.2) is 11.1 Å². The van der Waals surface area contributed by atoms with Crippen LogP contribution >= 0.6 is 11.3 Å². The van der Waals surface area contributed by atoms with Gasteiger partial charge in [-0.05, 0) is 12.5 Å². The van der Waals surface area contributed by atoms with Gasteiger partial charge in [-0.15, -0.1) is 11.3 Å². The van der Waals surface area contributed by atoms with Crippen LogP contribution in [0.1, 0.15) is 21.7 Å². The summed E-state index contributed by atoms with van der Waals surface area (Å²) in [6.07, 6.45) is 1.44. The van der Waals surface area contributed by atoms with Crippen LogP contribution in [-0.4, -0.2) is 47.4 Å². The zero-order chi connectivity index (χ0) is 15.6. The highest BCUT2D eigenvalue weighted by Crippen LogP contribution is 2.27. The standard InChI is InChI=1S/C13H15N3O4S/c1-7-9-11(18)14-6-15-12(9)21-10(7)13(19)16(2)5-4-8(17)20-3/h6H,4-5H2,1-3H3,(H,14,15,18). The molecule has 1 N–H and O–H groups in total. The fourth-order valence-corrected chi connectivity index (χ4v) is 3.06. The molecule has 8 heteroatoms. The van der Waals surface area contributed by atoms with E-state index in [9.17, 15) is 14.4 Å². The monoisotopic (exact) mass is 309 g/mol. The number of esters is 1. The summed E-state index contributed by atoms with van der Waals surface area (Å²) >= 11 is 1.18. The van der Waals surface area contributed by atoms with Crippen molar-refractivity contribution in [2.75, 3.05) is 20.7 Å². The molecule has 0 aliphatic carbocycles. The van der Waals surface area contributed by atoms with Gasteiger partial charge in [0.25, 0.3) is 11.5 Å². The lowest BCUT2D eigenvalue weighted by Crippen LogP contribution is -2.29. The molecule has 0 aliphatic heterocycles. The lowest BCUT2D eigenvalue weighted by molar-refractivity contribution is -0.140. The van der Waals surface area contributed by atoms with Crippen molar-refractivity contribution in [2.45, 2.75) is 13.3 Å². The van der Waals surface area contributed by atoms with E-state index in [0.717, 1.165) is 0 Å². The highest BCUT2D eigenvalue weighted by Gasteiger charge is 2.21. The summed E-state index contributed by atoms with van der Waals surface area (Å²) in [5, 5.41) is 0.437. The van der Waals surface area contributed by atoms with E-state index >= 15 is 0 Å². The maximum atomic E-state index is 12.4. The molecule has 0 aliphatic rings. The van der Waals surface area contributed by atoms with Crippen molar-refractivity contribution in [1.82, 2.24) is 14.9 Å². The maximum absolute atomic E-state index is 12.4. The van der Waals surface area contributed by atoms with Crippen LogP contribution in [0.4, 0.5) is 0 Å². The van der Waals surface area contributed by atoms with Gasteiger partial charge in [-0.2, -0.15) is 0 Å². The smallest absolute Gasteiger partial charge is 0.307 e. The van der Waals surface area contributed by atoms with Crippen LogP contribution in [0.25, 0.3) is 10.2 Å². The molecule has 7 nitrogen and oxygen atoms in total. The summed E-state index contributed by atoms with van der Waals surface area (Å²) in [5.74, 6) is -0.611. The first-order valence-electron chi connectivity index (χ1n) is 6.24. The quantitative estimate of drug-likeness (QED) is 0.848. The van der Waals surface area contributed by atoms with Gasteiger partial charge in [0.15, 0.2) is 0 Å². The van der Waals surface area contributed by atoms with Crippen LogP contribution < -0.4 is 5.56 Å². The Bertz CT molecular complexity index is 749. The molecule has 0 saturated heterocycles. The van der Waals surface area contributed by atoms with Gasteiger partial charge in [0.2, 0.25) is 0 Å². The topological polar surface area (TPSA) is 92.4 Å². The van der Waals surface area contributed by atoms with Crippen LogP contribution in [0.5, 0.6) is 0 Å². The molecule has 0 fully saturated rings. The molecule has 0 radical (unpaired) electrons. The minimum absolute atomic E-state index is 0.127. The molecule has 1 amide bonds. The molecular formula is C13H15N3O4S. The SMILES string of the molecule is COC(=O)CCN(C)C(=O)c1sc2nc[nH]c(=O)c2c1C. The molecule has 2 aromatic rings. The number of methoxy groups -OCH3 is 1. The Labute approximate surface area is 124 Å². The van der Waals surface area contributed by atoms with Gasteiger partial charge < -0.3 is 14.6 Å². The lowest BCUT2D eigenvalue weighted by Gasteiger charge is -2.15. The van der Waals surface area contributed by atoms with Gasteiger partial charge in [0.05, 0.1) is 30.1 Å². The summed E-state index contributed by atoms with van der Waals surface area (Å²) in [7, 11) is 2.91. The number of nitrogens with one attached hydrogen (secondary N) is 1. The second-order valence-electron chi connectivity index (χ2n) is 4.52. The number of rotatable bonds is 4. The summed E-state index contributed by atoms with van der Waals surface area (Å²) in [5.41, 5.74) is 0.351. The average molecular weight is 309 g/mol. The van der Waals surface area contributed by atoms with Crippen LogP contribution in [0, 0.1) is 6.92 Å². The van der Waals surface area contributed by atoms with Crippen molar-refractivity contribution < 1.29 is 14.3 Å². The van der Waals surface area contributed by atoms with Crippen molar-refractivity contribution in [2.24, 2.45) is 0 Å². The van der Waals surface area contributed by atoms with Gasteiger partial charge in [0, 0.05) is 13.6 Å². The zero-order valence-corrected chi connectivity index (χ0v) is 12.7. The Morgan fingerprint density at radius 2 is 2.19 bits per heavy atom. The van der Waals surface area contributed by atoms with E-state index in [4.69, 9.17) is 0 Å². The Morgan fingerprint density at radius 3 is 2.81 bits per heavy atom. The van der Waals surface area contributed by atoms with Crippen molar-refractivity contribution in [3.63, 3.8) is 0 Å². The Hall–Kier alpha value is -2.22. The highest BCUT2D eigenvalue weighted by molar-refractivity contribution is 7.20. The molecule has 112 valence electrons. The molecule has 0 bridgehead atoms. The van der Waals surface area contributed by atoms with E-state index in [1.165, 1.54) is 29.7 Å². The fourth-order valence-electron chi connectivity index (χ4n) is 1.92. The first kappa shape index (κ1) is 15.2. The minimum atomic E-state index is -0.374. The van der Waals surface area contributed by atoms with Crippen molar-refractivity contribution >= 4 is 33.4 Å². The number of amides is 1. The Kier molecular flexibility index (Phi) is 4.37. The second kappa shape index (κ2) is 6.04. The largest absolute Gasteiger partial charge is 0.469 e. The van der Waals surface area contributed by atoms with Gasteiger partial charge in [-0.1, -0.05) is 0 Å². The number of hydrogen-bond acceptors (Lipinski definition) is 6. The van der Waals surface area contributed by atoms with Crippen molar-refractivity contribution in [3.8, 4) is 0 Å². The zero-order valence-electron chi connectivity index (χ0n) is 11.9. The third-order valence-corrected chi connectivity index (χ3v) is 4.34. The summed E-state index contributed by atoms with van der Waals surface area (Å²) in [4.78, 5) is 44.3. The number of aromatic nitrogens is 2. The molecule has 2 rings (SSSR count). The first-order chi connectivity index (χ1) is 9.95. The molecular weight excluding hydrogens is 294 g/mol. The lowest BCUT2D eigenvalue weighted by atomic mass is 10.2. The molecule has 0 saturated carbocycles. The molecule has 2 aromatic heterocycles. The molecule has 2 heterocycles. The highest BCUT2D eigenvalue weighted by atomic mass is 32.1. The maximum Gasteiger partial charge on any atom is 0.307 e. The molecule has 0 spiro atoms. The predicted molar refractivity (Wildman–Crippen MR) is 78.6 cm³/mol. The number of H-pyrrole nitrogens is 1.